The Morgan fingerprint density at radius 3 is 0.897 bits per heavy atom. The summed E-state index contributed by atoms with van der Waals surface area (Å²) in [6, 6.07) is 24.5. The van der Waals surface area contributed by atoms with Crippen LogP contribution in [0.2, 0.25) is 0 Å². The first-order valence-corrected chi connectivity index (χ1v) is 19.9. The van der Waals surface area contributed by atoms with Crippen LogP contribution in [0.15, 0.2) is 91.0 Å². The van der Waals surface area contributed by atoms with Gasteiger partial charge < -0.3 is 30.2 Å². The van der Waals surface area contributed by atoms with Gasteiger partial charge in [0.15, 0.2) is 0 Å². The van der Waals surface area contributed by atoms with Crippen molar-refractivity contribution in [1.82, 2.24) is 20.9 Å². The summed E-state index contributed by atoms with van der Waals surface area (Å²) in [5.41, 5.74) is 2.36. The Kier molecular flexibility index (Phi) is 20.1. The van der Waals surface area contributed by atoms with Gasteiger partial charge in [-0.05, 0) is 53.7 Å². The number of hydrogen-bond acceptors (Lipinski definition) is 10. The maximum Gasteiger partial charge on any atom is 0.328 e. The van der Waals surface area contributed by atoms with Crippen LogP contribution in [-0.4, -0.2) is 78.3 Å². The lowest BCUT2D eigenvalue weighted by Gasteiger charge is -2.26. The summed E-state index contributed by atoms with van der Waals surface area (Å²) in [7, 11) is 0. The molecule has 0 bridgehead atoms. The molecule has 0 spiro atoms. The van der Waals surface area contributed by atoms with Crippen molar-refractivity contribution < 1.29 is 43.0 Å². The highest BCUT2D eigenvalue weighted by atomic mass is 16.5. The summed E-state index contributed by atoms with van der Waals surface area (Å²) >= 11 is 0. The van der Waals surface area contributed by atoms with E-state index in [9.17, 15) is 28.8 Å². The van der Waals surface area contributed by atoms with Crippen LogP contribution in [0.1, 0.15) is 77.5 Å². The van der Waals surface area contributed by atoms with E-state index in [-0.39, 0.29) is 56.8 Å². The number of esters is 3. The number of nitrogens with one attached hydrogen (secondary N) is 3. The molecule has 0 saturated carbocycles. The number of benzene rings is 3. The zero-order valence-electron chi connectivity index (χ0n) is 34.6. The number of ether oxygens (including phenoxy) is 3. The predicted molar refractivity (Wildman–Crippen MR) is 219 cm³/mol. The number of carbonyl (C=O) groups is 6. The molecular formula is C45H60N4O9. The third kappa shape index (κ3) is 18.6. The molecule has 0 aliphatic rings. The minimum Gasteiger partial charge on any atom is -0.459 e. The third-order valence-corrected chi connectivity index (χ3v) is 8.75. The fourth-order valence-electron chi connectivity index (χ4n) is 6.04. The van der Waals surface area contributed by atoms with Crippen molar-refractivity contribution in [2.75, 3.05) is 19.6 Å². The Hall–Kier alpha value is -5.56. The van der Waals surface area contributed by atoms with Gasteiger partial charge in [-0.1, -0.05) is 133 Å². The molecule has 0 aliphatic heterocycles. The SMILES string of the molecule is CC(C)C[C@H](NC(=O)CN(CC(=O)N[C@@H](CC(C)C)C(=O)OCc1ccccc1)CC(=O)N[C@@H](CC(C)C)C(=O)OCc1ccccc1)C(=O)OCc1ccccc1. The maximum atomic E-state index is 13.6. The number of rotatable bonds is 24. The Morgan fingerprint density at radius 2 is 0.672 bits per heavy atom. The smallest absolute Gasteiger partial charge is 0.328 e. The average molecular weight is 801 g/mol. The first-order chi connectivity index (χ1) is 27.7. The van der Waals surface area contributed by atoms with Gasteiger partial charge in [-0.3, -0.25) is 19.3 Å². The van der Waals surface area contributed by atoms with E-state index in [0.717, 1.165) is 16.7 Å². The molecule has 3 N–H and O–H groups in total. The Morgan fingerprint density at radius 1 is 0.431 bits per heavy atom. The molecule has 0 aliphatic carbocycles. The number of hydrogen-bond donors (Lipinski definition) is 3. The molecule has 13 nitrogen and oxygen atoms in total. The molecule has 0 radical (unpaired) electrons. The molecule has 0 aromatic heterocycles. The van der Waals surface area contributed by atoms with Gasteiger partial charge in [-0.25, -0.2) is 14.4 Å². The topological polar surface area (TPSA) is 169 Å². The largest absolute Gasteiger partial charge is 0.459 e. The Balaban J connectivity index is 1.77. The van der Waals surface area contributed by atoms with Crippen LogP contribution < -0.4 is 16.0 Å². The molecule has 3 amide bonds. The van der Waals surface area contributed by atoms with Crippen LogP contribution in [0.5, 0.6) is 0 Å². The van der Waals surface area contributed by atoms with E-state index in [1.807, 2.05) is 133 Å². The highest BCUT2D eigenvalue weighted by Crippen LogP contribution is 2.12. The van der Waals surface area contributed by atoms with Crippen LogP contribution in [-0.2, 0) is 62.8 Å². The highest BCUT2D eigenvalue weighted by molar-refractivity contribution is 5.89. The second-order valence-corrected chi connectivity index (χ2v) is 15.7. The van der Waals surface area contributed by atoms with Crippen molar-refractivity contribution in [2.24, 2.45) is 17.8 Å². The normalized spacial score (nSPS) is 12.7. The standard InChI is InChI=1S/C45H60N4O9/c1-31(2)22-37(43(53)56-28-34-16-10-7-11-17-34)46-40(50)25-49(26-41(51)47-38(23-32(3)4)44(54)57-29-35-18-12-8-13-19-35)27-42(52)48-39(24-33(5)6)45(55)58-30-36-20-14-9-15-21-36/h7-21,31-33,37-39H,22-30H2,1-6H3,(H,46,50)(H,47,51)(H,48,52)/t37-,38-,39-/m0/s1. The zero-order valence-corrected chi connectivity index (χ0v) is 34.6. The number of nitrogens with zero attached hydrogens (tertiary/aromatic N) is 1. The first-order valence-electron chi connectivity index (χ1n) is 19.9. The summed E-state index contributed by atoms with van der Waals surface area (Å²) in [6.07, 6.45) is 0.846. The van der Waals surface area contributed by atoms with Crippen LogP contribution >= 0.6 is 0 Å². The zero-order chi connectivity index (χ0) is 42.5. The fraction of sp³-hybridized carbons (Fsp3) is 0.467. The second-order valence-electron chi connectivity index (χ2n) is 15.7. The van der Waals surface area contributed by atoms with Crippen molar-refractivity contribution in [3.63, 3.8) is 0 Å². The van der Waals surface area contributed by atoms with E-state index in [4.69, 9.17) is 14.2 Å². The summed E-state index contributed by atoms with van der Waals surface area (Å²) < 4.78 is 16.6. The molecule has 3 aromatic carbocycles. The van der Waals surface area contributed by atoms with E-state index in [1.165, 1.54) is 4.90 Å². The quantitative estimate of drug-likeness (QED) is 0.0818. The van der Waals surface area contributed by atoms with Gasteiger partial charge in [-0.2, -0.15) is 0 Å². The van der Waals surface area contributed by atoms with Crippen LogP contribution in [0.25, 0.3) is 0 Å². The molecule has 0 saturated heterocycles. The lowest BCUT2D eigenvalue weighted by Crippen LogP contribution is -2.53. The van der Waals surface area contributed by atoms with Gasteiger partial charge >= 0.3 is 17.9 Å². The molecule has 0 unspecified atom stereocenters. The number of carbonyl (C=O) groups excluding carboxylic acids is 6. The molecule has 314 valence electrons. The molecule has 3 aromatic rings. The van der Waals surface area contributed by atoms with Crippen molar-refractivity contribution >= 4 is 35.6 Å². The van der Waals surface area contributed by atoms with Crippen molar-refractivity contribution in [3.8, 4) is 0 Å². The van der Waals surface area contributed by atoms with E-state index in [2.05, 4.69) is 16.0 Å². The van der Waals surface area contributed by atoms with Crippen molar-refractivity contribution in [3.05, 3.63) is 108 Å². The van der Waals surface area contributed by atoms with E-state index >= 15 is 0 Å². The van der Waals surface area contributed by atoms with Crippen LogP contribution in [0, 0.1) is 17.8 Å². The van der Waals surface area contributed by atoms with Gasteiger partial charge in [0.25, 0.3) is 0 Å². The maximum absolute atomic E-state index is 13.6. The molecule has 3 rings (SSSR count). The monoisotopic (exact) mass is 800 g/mol. The summed E-state index contributed by atoms with van der Waals surface area (Å²) in [6.45, 7) is 10.1. The average Bonchev–Trinajstić information content (AvgIpc) is 3.17. The summed E-state index contributed by atoms with van der Waals surface area (Å²) in [5.74, 6) is -3.72. The first kappa shape index (κ1) is 46.8. The van der Waals surface area contributed by atoms with Gasteiger partial charge in [-0.15, -0.1) is 0 Å². The van der Waals surface area contributed by atoms with E-state index in [0.29, 0.717) is 0 Å². The molecule has 13 heteroatoms. The summed E-state index contributed by atoms with van der Waals surface area (Å²) in [5, 5.41) is 8.19. The predicted octanol–water partition coefficient (Wildman–Crippen LogP) is 5.11. The van der Waals surface area contributed by atoms with Crippen LogP contribution in [0.4, 0.5) is 0 Å². The van der Waals surface area contributed by atoms with Crippen molar-refractivity contribution in [2.45, 2.75) is 98.8 Å². The molecular weight excluding hydrogens is 741 g/mol. The lowest BCUT2D eigenvalue weighted by atomic mass is 10.0. The van der Waals surface area contributed by atoms with Crippen LogP contribution in [0.3, 0.4) is 0 Å². The molecule has 0 fully saturated rings. The van der Waals surface area contributed by atoms with E-state index < -0.39 is 73.4 Å². The minimum absolute atomic E-state index is 0.0151. The van der Waals surface area contributed by atoms with Gasteiger partial charge in [0, 0.05) is 0 Å². The van der Waals surface area contributed by atoms with Gasteiger partial charge in [0.1, 0.15) is 37.9 Å². The Labute approximate surface area is 342 Å². The fourth-order valence-corrected chi connectivity index (χ4v) is 6.04. The van der Waals surface area contributed by atoms with E-state index in [1.54, 1.807) is 0 Å². The van der Waals surface area contributed by atoms with Crippen molar-refractivity contribution in [1.29, 1.82) is 0 Å². The number of amides is 3. The van der Waals surface area contributed by atoms with Gasteiger partial charge in [0.05, 0.1) is 19.6 Å². The molecule has 3 atom stereocenters. The molecule has 0 heterocycles. The highest BCUT2D eigenvalue weighted by Gasteiger charge is 2.30. The third-order valence-electron chi connectivity index (χ3n) is 8.75. The second kappa shape index (κ2) is 24.9. The Bertz CT molecular complexity index is 1530. The lowest BCUT2D eigenvalue weighted by molar-refractivity contribution is -0.150. The minimum atomic E-state index is -0.995. The molecule has 58 heavy (non-hydrogen) atoms. The van der Waals surface area contributed by atoms with Gasteiger partial charge in [0.2, 0.25) is 17.7 Å². The summed E-state index contributed by atoms with van der Waals surface area (Å²) in [4.78, 5) is 81.7.